The van der Waals surface area contributed by atoms with Crippen LogP contribution < -0.4 is 0 Å². The first-order valence-corrected chi connectivity index (χ1v) is 10.8. The lowest BCUT2D eigenvalue weighted by Gasteiger charge is -2.15. The molecule has 0 amide bonds. The summed E-state index contributed by atoms with van der Waals surface area (Å²) in [6.45, 7) is 9.70. The molecule has 0 aromatic rings. The van der Waals surface area contributed by atoms with Crippen molar-refractivity contribution in [1.82, 2.24) is 0 Å². The minimum Gasteiger partial charge on any atom is -0.257 e. The molecule has 0 saturated carbocycles. The third-order valence-electron chi connectivity index (χ3n) is 2.99. The van der Waals surface area contributed by atoms with Crippen molar-refractivity contribution in [3.05, 3.63) is 24.1 Å². The van der Waals surface area contributed by atoms with Crippen LogP contribution in [0.25, 0.3) is 0 Å². The molecule has 1 saturated heterocycles. The van der Waals surface area contributed by atoms with E-state index in [4.69, 9.17) is 0 Å². The van der Waals surface area contributed by atoms with Crippen molar-refractivity contribution in [3.8, 4) is 0 Å². The maximum absolute atomic E-state index is 12.5. The van der Waals surface area contributed by atoms with Gasteiger partial charge in [-0.15, -0.1) is 6.58 Å². The van der Waals surface area contributed by atoms with Gasteiger partial charge in [0, 0.05) is 5.75 Å². The molecule has 1 heterocycles. The number of hydrogen-bond donors (Lipinski definition) is 0. The topological polar surface area (TPSA) is 34.1 Å². The molecule has 6 atom stereocenters. The van der Waals surface area contributed by atoms with Gasteiger partial charge in [0.1, 0.15) is 4.58 Å². The zero-order valence-corrected chi connectivity index (χ0v) is 14.2. The number of hydrogen-bond acceptors (Lipinski definition) is 4. The Morgan fingerprint density at radius 1 is 1.39 bits per heavy atom. The smallest absolute Gasteiger partial charge is 0.118 e. The van der Waals surface area contributed by atoms with Crippen molar-refractivity contribution in [1.29, 1.82) is 0 Å². The molecule has 0 radical (unpaired) electrons. The van der Waals surface area contributed by atoms with E-state index in [0.29, 0.717) is 5.92 Å². The zero-order valence-electron chi connectivity index (χ0n) is 10.9. The van der Waals surface area contributed by atoms with Gasteiger partial charge in [-0.3, -0.25) is 8.42 Å². The molecule has 0 aromatic heterocycles. The first-order chi connectivity index (χ1) is 8.54. The van der Waals surface area contributed by atoms with Crippen LogP contribution >= 0.6 is 21.6 Å². The van der Waals surface area contributed by atoms with E-state index >= 15 is 0 Å². The quantitative estimate of drug-likeness (QED) is 0.425. The monoisotopic (exact) mass is 324 g/mol. The molecule has 2 nitrogen and oxygen atoms in total. The Balaban J connectivity index is 2.76. The van der Waals surface area contributed by atoms with Gasteiger partial charge in [0.15, 0.2) is 0 Å². The third-order valence-corrected chi connectivity index (χ3v) is 11.1. The molecule has 6 heteroatoms. The number of allylic oxidation sites excluding steroid dienone is 1. The Labute approximate surface area is 123 Å². The summed E-state index contributed by atoms with van der Waals surface area (Å²) >= 11 is 0. The molecule has 0 bridgehead atoms. The zero-order chi connectivity index (χ0) is 13.7. The van der Waals surface area contributed by atoms with Gasteiger partial charge >= 0.3 is 0 Å². The van der Waals surface area contributed by atoms with Crippen LogP contribution in [0, 0.1) is 11.8 Å². The standard InChI is InChI=1S/C12H20O2S4/c1-5-7-15-16-11-9(3)10(4)12(18(11)14)17(13)8-6-2/h5-6,8-12H,1,7H2,2-4H3/b8-6+/t9-,10+,11+,12-,17?,18?/m0/s1. The molecule has 104 valence electrons. The van der Waals surface area contributed by atoms with Crippen LogP contribution in [0.15, 0.2) is 24.1 Å². The second-order valence-electron chi connectivity index (χ2n) is 4.25. The lowest BCUT2D eigenvalue weighted by atomic mass is 10.0. The van der Waals surface area contributed by atoms with Crippen molar-refractivity contribution in [2.24, 2.45) is 11.8 Å². The summed E-state index contributed by atoms with van der Waals surface area (Å²) in [6.07, 6.45) is 3.62. The third kappa shape index (κ3) is 3.74. The fraction of sp³-hybridized carbons (Fsp3) is 0.667. The lowest BCUT2D eigenvalue weighted by molar-refractivity contribution is 0.466. The fourth-order valence-electron chi connectivity index (χ4n) is 1.85. The average molecular weight is 325 g/mol. The summed E-state index contributed by atoms with van der Waals surface area (Å²) in [5.41, 5.74) is 0. The van der Waals surface area contributed by atoms with Gasteiger partial charge < -0.3 is 0 Å². The average Bonchev–Trinajstić information content (AvgIpc) is 2.53. The molecule has 2 unspecified atom stereocenters. The molecule has 1 rings (SSSR count). The van der Waals surface area contributed by atoms with Crippen LogP contribution in [-0.2, 0) is 21.6 Å². The van der Waals surface area contributed by atoms with Crippen molar-refractivity contribution < 1.29 is 8.42 Å². The molecular weight excluding hydrogens is 304 g/mol. The highest BCUT2D eigenvalue weighted by Gasteiger charge is 2.47. The minimum absolute atomic E-state index is 0.0733. The van der Waals surface area contributed by atoms with E-state index in [1.54, 1.807) is 33.1 Å². The SMILES string of the molecule is C=CCSS[C@H]1[C@@H](C)[C@@H](C)[C@@H](S(=O)/C=C/C)S1=O. The van der Waals surface area contributed by atoms with Crippen LogP contribution in [0.4, 0.5) is 0 Å². The van der Waals surface area contributed by atoms with Crippen LogP contribution in [0.1, 0.15) is 20.8 Å². The molecule has 0 aliphatic carbocycles. The highest BCUT2D eigenvalue weighted by molar-refractivity contribution is 8.78. The van der Waals surface area contributed by atoms with Gasteiger partial charge in [0.05, 0.1) is 26.2 Å². The molecule has 0 N–H and O–H groups in total. The van der Waals surface area contributed by atoms with Gasteiger partial charge in [0.2, 0.25) is 0 Å². The van der Waals surface area contributed by atoms with E-state index in [1.165, 1.54) is 0 Å². The van der Waals surface area contributed by atoms with Crippen LogP contribution in [0.5, 0.6) is 0 Å². The highest BCUT2D eigenvalue weighted by Crippen LogP contribution is 2.45. The van der Waals surface area contributed by atoms with Crippen LogP contribution in [-0.4, -0.2) is 23.3 Å². The Morgan fingerprint density at radius 3 is 2.61 bits per heavy atom. The Hall–Kier alpha value is 0.480. The molecule has 0 spiro atoms. The second kappa shape index (κ2) is 7.92. The van der Waals surface area contributed by atoms with Crippen molar-refractivity contribution in [2.45, 2.75) is 29.9 Å². The van der Waals surface area contributed by atoms with Gasteiger partial charge in [-0.25, -0.2) is 0 Å². The second-order valence-corrected chi connectivity index (χ2v) is 10.5. The van der Waals surface area contributed by atoms with Gasteiger partial charge in [-0.1, -0.05) is 47.6 Å². The van der Waals surface area contributed by atoms with Crippen LogP contribution in [0.2, 0.25) is 0 Å². The summed E-state index contributed by atoms with van der Waals surface area (Å²) in [7, 11) is 1.17. The Bertz CT molecular complexity index is 367. The van der Waals surface area contributed by atoms with E-state index in [1.807, 2.05) is 13.0 Å². The fourth-order valence-corrected chi connectivity index (χ4v) is 10.1. The maximum atomic E-state index is 12.5. The largest absolute Gasteiger partial charge is 0.257 e. The summed E-state index contributed by atoms with van der Waals surface area (Å²) in [4.78, 5) is 0. The van der Waals surface area contributed by atoms with Crippen LogP contribution in [0.3, 0.4) is 0 Å². The van der Waals surface area contributed by atoms with Gasteiger partial charge in [-0.05, 0) is 24.2 Å². The minimum atomic E-state index is -1.13. The van der Waals surface area contributed by atoms with Crippen molar-refractivity contribution in [3.63, 3.8) is 0 Å². The van der Waals surface area contributed by atoms with E-state index in [-0.39, 0.29) is 15.1 Å². The number of rotatable bonds is 6. The molecule has 18 heavy (non-hydrogen) atoms. The first kappa shape index (κ1) is 16.5. The predicted octanol–water partition coefficient (Wildman–Crippen LogP) is 3.52. The molecule has 1 aliphatic rings. The molecular formula is C12H20O2S4. The molecule has 1 fully saturated rings. The van der Waals surface area contributed by atoms with E-state index in [9.17, 15) is 8.42 Å². The summed E-state index contributed by atoms with van der Waals surface area (Å²) in [5, 5.41) is 1.66. The summed E-state index contributed by atoms with van der Waals surface area (Å²) < 4.78 is 24.4. The Morgan fingerprint density at radius 2 is 2.06 bits per heavy atom. The van der Waals surface area contributed by atoms with Gasteiger partial charge in [0.25, 0.3) is 0 Å². The van der Waals surface area contributed by atoms with Crippen molar-refractivity contribution >= 4 is 43.2 Å². The summed E-state index contributed by atoms with van der Waals surface area (Å²) in [5.74, 6) is 1.40. The molecule has 0 aromatic carbocycles. The lowest BCUT2D eigenvalue weighted by Crippen LogP contribution is -2.22. The first-order valence-electron chi connectivity index (χ1n) is 5.85. The van der Waals surface area contributed by atoms with Crippen molar-refractivity contribution in [2.75, 3.05) is 5.75 Å². The Kier molecular flexibility index (Phi) is 7.28. The van der Waals surface area contributed by atoms with Gasteiger partial charge in [-0.2, -0.15) is 0 Å². The summed E-state index contributed by atoms with van der Waals surface area (Å²) in [6, 6.07) is 0. The maximum Gasteiger partial charge on any atom is 0.118 e. The normalized spacial score (nSPS) is 38.1. The highest BCUT2D eigenvalue weighted by atomic mass is 33.1. The van der Waals surface area contributed by atoms with E-state index in [0.717, 1.165) is 5.75 Å². The van der Waals surface area contributed by atoms with E-state index < -0.39 is 21.6 Å². The van der Waals surface area contributed by atoms with E-state index in [2.05, 4.69) is 20.4 Å². The predicted molar refractivity (Wildman–Crippen MR) is 87.2 cm³/mol. The molecule has 1 aliphatic heterocycles.